The fraction of sp³-hybridized carbons (Fsp3) is 0.923. The fourth-order valence-corrected chi connectivity index (χ4v) is 1.44. The summed E-state index contributed by atoms with van der Waals surface area (Å²) in [5.41, 5.74) is -0.158. The summed E-state index contributed by atoms with van der Waals surface area (Å²) in [7, 11) is 0. The lowest BCUT2D eigenvalue weighted by Crippen LogP contribution is -2.18. The smallest absolute Gasteiger partial charge is 0.0683 e. The number of nitriles is 1. The topological polar surface area (TPSA) is 45.0 Å². The lowest BCUT2D eigenvalue weighted by molar-refractivity contribution is 0.145. The van der Waals surface area contributed by atoms with Crippen LogP contribution in [0.4, 0.5) is 0 Å². The van der Waals surface area contributed by atoms with Crippen LogP contribution >= 0.6 is 0 Å². The molecule has 0 bridgehead atoms. The quantitative estimate of drug-likeness (QED) is 0.583. The number of ether oxygens (including phenoxy) is 1. The second-order valence-corrected chi connectivity index (χ2v) is 4.75. The molecule has 16 heavy (non-hydrogen) atoms. The van der Waals surface area contributed by atoms with Crippen molar-refractivity contribution in [1.82, 2.24) is 5.32 Å². The molecule has 0 aliphatic heterocycles. The molecule has 0 spiro atoms. The van der Waals surface area contributed by atoms with Crippen LogP contribution < -0.4 is 5.32 Å². The van der Waals surface area contributed by atoms with Gasteiger partial charge in [-0.2, -0.15) is 5.26 Å². The molecule has 3 nitrogen and oxygen atoms in total. The molecule has 0 heterocycles. The lowest BCUT2D eigenvalue weighted by Gasteiger charge is -2.14. The van der Waals surface area contributed by atoms with Gasteiger partial charge in [0.2, 0.25) is 0 Å². The molecule has 1 N–H and O–H groups in total. The van der Waals surface area contributed by atoms with Crippen LogP contribution in [0.3, 0.4) is 0 Å². The number of hydrogen-bond donors (Lipinski definition) is 1. The first kappa shape index (κ1) is 15.4. The normalized spacial score (nSPS) is 11.4. The van der Waals surface area contributed by atoms with Crippen LogP contribution in [0.1, 0.15) is 46.5 Å². The van der Waals surface area contributed by atoms with Crippen LogP contribution in [0.15, 0.2) is 0 Å². The zero-order valence-electron chi connectivity index (χ0n) is 11.0. The van der Waals surface area contributed by atoms with Gasteiger partial charge in [-0.25, -0.2) is 0 Å². The van der Waals surface area contributed by atoms with Gasteiger partial charge in [0.15, 0.2) is 0 Å². The molecule has 0 aliphatic carbocycles. The van der Waals surface area contributed by atoms with Crippen molar-refractivity contribution < 1.29 is 4.74 Å². The van der Waals surface area contributed by atoms with Crippen LogP contribution in [0.2, 0.25) is 0 Å². The van der Waals surface area contributed by atoms with Crippen molar-refractivity contribution >= 4 is 0 Å². The number of hydrogen-bond acceptors (Lipinski definition) is 3. The van der Waals surface area contributed by atoms with E-state index in [4.69, 9.17) is 10.00 Å². The summed E-state index contributed by atoms with van der Waals surface area (Å²) < 4.78 is 5.24. The van der Waals surface area contributed by atoms with Gasteiger partial charge < -0.3 is 10.1 Å². The first-order valence-corrected chi connectivity index (χ1v) is 6.32. The third-order valence-corrected chi connectivity index (χ3v) is 2.55. The van der Waals surface area contributed by atoms with Crippen LogP contribution in [0, 0.1) is 16.7 Å². The third-order valence-electron chi connectivity index (χ3n) is 2.55. The van der Waals surface area contributed by atoms with E-state index >= 15 is 0 Å². The summed E-state index contributed by atoms with van der Waals surface area (Å²) in [6.07, 6.45) is 4.35. The molecular weight excluding hydrogens is 200 g/mol. The Balaban J connectivity index is 3.14. The Kier molecular flexibility index (Phi) is 9.27. The van der Waals surface area contributed by atoms with E-state index in [1.807, 2.05) is 20.8 Å². The second-order valence-electron chi connectivity index (χ2n) is 4.75. The van der Waals surface area contributed by atoms with Gasteiger partial charge in [-0.1, -0.05) is 6.42 Å². The van der Waals surface area contributed by atoms with Crippen molar-refractivity contribution in [2.75, 3.05) is 26.3 Å². The maximum absolute atomic E-state index is 8.84. The standard InChI is InChI=1S/C13H26N2O/c1-4-16-11-7-10-15-9-6-5-8-13(2,3)12-14/h15H,4-11H2,1-3H3. The van der Waals surface area contributed by atoms with Crippen molar-refractivity contribution in [3.63, 3.8) is 0 Å². The minimum absolute atomic E-state index is 0.158. The van der Waals surface area contributed by atoms with Gasteiger partial charge in [0.05, 0.1) is 11.5 Å². The number of unbranched alkanes of at least 4 members (excludes halogenated alkanes) is 1. The minimum Gasteiger partial charge on any atom is -0.382 e. The van der Waals surface area contributed by atoms with Gasteiger partial charge in [0, 0.05) is 13.2 Å². The van der Waals surface area contributed by atoms with E-state index in [0.29, 0.717) is 0 Å². The number of rotatable bonds is 10. The van der Waals surface area contributed by atoms with E-state index in [0.717, 1.165) is 52.0 Å². The van der Waals surface area contributed by atoms with Crippen LogP contribution in [-0.4, -0.2) is 26.3 Å². The van der Waals surface area contributed by atoms with Crippen molar-refractivity contribution in [3.8, 4) is 6.07 Å². The van der Waals surface area contributed by atoms with Gasteiger partial charge in [-0.3, -0.25) is 0 Å². The first-order chi connectivity index (χ1) is 7.62. The van der Waals surface area contributed by atoms with Crippen LogP contribution in [0.5, 0.6) is 0 Å². The molecule has 0 saturated heterocycles. The Labute approximate surface area is 100 Å². The van der Waals surface area contributed by atoms with Crippen LogP contribution in [-0.2, 0) is 4.74 Å². The Hall–Kier alpha value is -0.590. The molecule has 0 aromatic rings. The molecule has 0 aromatic carbocycles. The molecule has 0 aromatic heterocycles. The zero-order valence-corrected chi connectivity index (χ0v) is 11.0. The van der Waals surface area contributed by atoms with Gasteiger partial charge in [-0.15, -0.1) is 0 Å². The van der Waals surface area contributed by atoms with Crippen LogP contribution in [0.25, 0.3) is 0 Å². The minimum atomic E-state index is -0.158. The number of nitrogens with zero attached hydrogens (tertiary/aromatic N) is 1. The average Bonchev–Trinajstić information content (AvgIpc) is 2.27. The molecular formula is C13H26N2O. The monoisotopic (exact) mass is 226 g/mol. The molecule has 3 heteroatoms. The van der Waals surface area contributed by atoms with Gasteiger partial charge in [0.25, 0.3) is 0 Å². The molecule has 0 amide bonds. The van der Waals surface area contributed by atoms with E-state index in [2.05, 4.69) is 11.4 Å². The van der Waals surface area contributed by atoms with Crippen molar-refractivity contribution in [2.45, 2.75) is 46.5 Å². The molecule has 0 aliphatic rings. The van der Waals surface area contributed by atoms with E-state index in [9.17, 15) is 0 Å². The summed E-state index contributed by atoms with van der Waals surface area (Å²) in [4.78, 5) is 0. The number of nitrogens with one attached hydrogen (secondary N) is 1. The second kappa shape index (κ2) is 9.62. The highest BCUT2D eigenvalue weighted by Crippen LogP contribution is 2.21. The lowest BCUT2D eigenvalue weighted by atomic mass is 9.89. The Morgan fingerprint density at radius 2 is 1.88 bits per heavy atom. The Morgan fingerprint density at radius 3 is 2.50 bits per heavy atom. The van der Waals surface area contributed by atoms with E-state index < -0.39 is 0 Å². The predicted molar refractivity (Wildman–Crippen MR) is 67.2 cm³/mol. The van der Waals surface area contributed by atoms with Gasteiger partial charge >= 0.3 is 0 Å². The molecule has 0 rings (SSSR count). The molecule has 94 valence electrons. The Morgan fingerprint density at radius 1 is 1.19 bits per heavy atom. The van der Waals surface area contributed by atoms with Gasteiger partial charge in [0.1, 0.15) is 0 Å². The van der Waals surface area contributed by atoms with E-state index in [-0.39, 0.29) is 5.41 Å². The zero-order chi connectivity index (χ0) is 12.3. The molecule has 0 saturated carbocycles. The largest absolute Gasteiger partial charge is 0.382 e. The molecule has 0 atom stereocenters. The summed E-state index contributed by atoms with van der Waals surface area (Å²) >= 11 is 0. The van der Waals surface area contributed by atoms with Crippen molar-refractivity contribution in [3.05, 3.63) is 0 Å². The summed E-state index contributed by atoms with van der Waals surface area (Å²) in [5, 5.41) is 12.2. The summed E-state index contributed by atoms with van der Waals surface area (Å²) in [6, 6.07) is 2.33. The van der Waals surface area contributed by atoms with Gasteiger partial charge in [-0.05, 0) is 53.1 Å². The highest BCUT2D eigenvalue weighted by molar-refractivity contribution is 4.91. The molecule has 0 radical (unpaired) electrons. The van der Waals surface area contributed by atoms with Crippen molar-refractivity contribution in [2.24, 2.45) is 5.41 Å². The fourth-order valence-electron chi connectivity index (χ4n) is 1.44. The molecule has 0 unspecified atom stereocenters. The summed E-state index contributed by atoms with van der Waals surface area (Å²) in [5.74, 6) is 0. The highest BCUT2D eigenvalue weighted by atomic mass is 16.5. The highest BCUT2D eigenvalue weighted by Gasteiger charge is 2.14. The first-order valence-electron chi connectivity index (χ1n) is 6.32. The SMILES string of the molecule is CCOCCCNCCCCC(C)(C)C#N. The van der Waals surface area contributed by atoms with E-state index in [1.54, 1.807) is 0 Å². The molecule has 0 fully saturated rings. The maximum Gasteiger partial charge on any atom is 0.0683 e. The predicted octanol–water partition coefficient (Wildman–Crippen LogP) is 2.72. The van der Waals surface area contributed by atoms with E-state index in [1.165, 1.54) is 0 Å². The third kappa shape index (κ3) is 9.95. The maximum atomic E-state index is 8.84. The van der Waals surface area contributed by atoms with Crippen molar-refractivity contribution in [1.29, 1.82) is 5.26 Å². The summed E-state index contributed by atoms with van der Waals surface area (Å²) in [6.45, 7) is 9.76. The average molecular weight is 226 g/mol. The Bertz CT molecular complexity index is 197.